The van der Waals surface area contributed by atoms with Gasteiger partial charge in [0.25, 0.3) is 0 Å². The number of rotatable bonds is 4. The fraction of sp³-hybridized carbons (Fsp3) is 0.500. The lowest BCUT2D eigenvalue weighted by Crippen LogP contribution is -2.25. The van der Waals surface area contributed by atoms with Crippen molar-refractivity contribution < 1.29 is 5.11 Å². The molecule has 0 unspecified atom stereocenters. The average Bonchev–Trinajstić information content (AvgIpc) is 2.83. The van der Waals surface area contributed by atoms with E-state index in [9.17, 15) is 0 Å². The maximum Gasteiger partial charge on any atom is 0.0494 e. The lowest BCUT2D eigenvalue weighted by atomic mass is 10.1. The summed E-state index contributed by atoms with van der Waals surface area (Å²) in [6.45, 7) is 3.34. The van der Waals surface area contributed by atoms with E-state index in [4.69, 9.17) is 5.11 Å². The summed E-state index contributed by atoms with van der Waals surface area (Å²) in [5.41, 5.74) is 0. The molecule has 1 aromatic heterocycles. The van der Waals surface area contributed by atoms with Crippen LogP contribution in [-0.2, 0) is 6.54 Å². The van der Waals surface area contributed by atoms with Gasteiger partial charge in [0, 0.05) is 34.9 Å². The van der Waals surface area contributed by atoms with Crippen LogP contribution in [0.3, 0.4) is 0 Å². The zero-order valence-electron chi connectivity index (χ0n) is 8.94. The fourth-order valence-corrected chi connectivity index (χ4v) is 2.71. The predicted molar refractivity (Wildman–Crippen MR) is 64.0 cm³/mol. The summed E-state index contributed by atoms with van der Waals surface area (Å²) in [4.78, 5) is 2.75. The molecule has 0 saturated heterocycles. The summed E-state index contributed by atoms with van der Waals surface area (Å²) < 4.78 is 0. The van der Waals surface area contributed by atoms with Crippen molar-refractivity contribution in [3.63, 3.8) is 0 Å². The molecule has 82 valence electrons. The number of aliphatic hydroxyl groups excluding tert-OH is 1. The highest BCUT2D eigenvalue weighted by Crippen LogP contribution is 2.19. The molecular weight excluding hydrogens is 206 g/mol. The molecule has 2 atom stereocenters. The molecule has 3 heteroatoms. The minimum atomic E-state index is 0.271. The molecule has 0 spiro atoms. The molecule has 0 amide bonds. The first-order chi connectivity index (χ1) is 7.28. The van der Waals surface area contributed by atoms with Gasteiger partial charge < -0.3 is 10.4 Å². The summed E-state index contributed by atoms with van der Waals surface area (Å²) in [6.07, 6.45) is 5.31. The van der Waals surface area contributed by atoms with Crippen LogP contribution in [0.4, 0.5) is 0 Å². The van der Waals surface area contributed by atoms with Gasteiger partial charge in [-0.2, -0.15) is 0 Å². The van der Waals surface area contributed by atoms with Crippen LogP contribution in [0.15, 0.2) is 24.3 Å². The molecule has 1 aromatic rings. The largest absolute Gasteiger partial charge is 0.396 e. The molecule has 15 heavy (non-hydrogen) atoms. The number of thiophene rings is 1. The van der Waals surface area contributed by atoms with Crippen molar-refractivity contribution in [2.45, 2.75) is 25.9 Å². The van der Waals surface area contributed by atoms with Gasteiger partial charge in [-0.1, -0.05) is 12.2 Å². The van der Waals surface area contributed by atoms with Crippen molar-refractivity contribution in [3.8, 4) is 0 Å². The molecule has 1 aliphatic rings. The standard InChI is InChI=1S/C12H17NOS/c1-9-2-5-12(15-9)7-13-11-4-3-10(6-11)8-14/h2-5,10-11,13-14H,6-8H2,1H3/t10-,11+/m0/s1. The normalized spacial score (nSPS) is 24.9. The van der Waals surface area contributed by atoms with Crippen molar-refractivity contribution >= 4 is 11.3 Å². The first-order valence-corrected chi connectivity index (χ1v) is 6.17. The second kappa shape index (κ2) is 4.92. The third-order valence-corrected chi connectivity index (χ3v) is 3.74. The monoisotopic (exact) mass is 223 g/mol. The van der Waals surface area contributed by atoms with Crippen LogP contribution in [0.1, 0.15) is 16.2 Å². The van der Waals surface area contributed by atoms with Crippen LogP contribution < -0.4 is 5.32 Å². The van der Waals surface area contributed by atoms with Gasteiger partial charge in [-0.25, -0.2) is 0 Å². The van der Waals surface area contributed by atoms with Crippen molar-refractivity contribution in [3.05, 3.63) is 34.0 Å². The van der Waals surface area contributed by atoms with E-state index in [0.29, 0.717) is 12.0 Å². The molecule has 0 bridgehead atoms. The molecule has 2 N–H and O–H groups in total. The Bertz CT molecular complexity index is 345. The van der Waals surface area contributed by atoms with E-state index in [1.165, 1.54) is 9.75 Å². The minimum Gasteiger partial charge on any atom is -0.396 e. The third kappa shape index (κ3) is 2.91. The van der Waals surface area contributed by atoms with E-state index in [1.54, 1.807) is 0 Å². The van der Waals surface area contributed by atoms with E-state index >= 15 is 0 Å². The smallest absolute Gasteiger partial charge is 0.0494 e. The Morgan fingerprint density at radius 1 is 1.47 bits per heavy atom. The quantitative estimate of drug-likeness (QED) is 0.766. The molecule has 0 saturated carbocycles. The fourth-order valence-electron chi connectivity index (χ4n) is 1.87. The second-order valence-electron chi connectivity index (χ2n) is 4.06. The van der Waals surface area contributed by atoms with Gasteiger partial charge in [0.15, 0.2) is 0 Å². The lowest BCUT2D eigenvalue weighted by molar-refractivity contribution is 0.246. The number of aliphatic hydroxyl groups is 1. The highest BCUT2D eigenvalue weighted by Gasteiger charge is 2.17. The number of aryl methyl sites for hydroxylation is 1. The van der Waals surface area contributed by atoms with E-state index in [0.717, 1.165) is 13.0 Å². The van der Waals surface area contributed by atoms with Crippen molar-refractivity contribution in [2.75, 3.05) is 6.61 Å². The minimum absolute atomic E-state index is 0.271. The molecular formula is C12H17NOS. The summed E-state index contributed by atoms with van der Waals surface area (Å²) in [5.74, 6) is 0.354. The molecule has 0 aromatic carbocycles. The Morgan fingerprint density at radius 3 is 2.93 bits per heavy atom. The van der Waals surface area contributed by atoms with E-state index in [2.05, 4.69) is 36.5 Å². The van der Waals surface area contributed by atoms with Crippen molar-refractivity contribution in [2.24, 2.45) is 5.92 Å². The average molecular weight is 223 g/mol. The number of hydrogen-bond acceptors (Lipinski definition) is 3. The molecule has 0 radical (unpaired) electrons. The topological polar surface area (TPSA) is 32.3 Å². The van der Waals surface area contributed by atoms with Crippen LogP contribution >= 0.6 is 11.3 Å². The first-order valence-electron chi connectivity index (χ1n) is 5.36. The number of hydrogen-bond donors (Lipinski definition) is 2. The van der Waals surface area contributed by atoms with Crippen LogP contribution in [-0.4, -0.2) is 17.8 Å². The summed E-state index contributed by atoms with van der Waals surface area (Å²) in [6, 6.07) is 4.77. The highest BCUT2D eigenvalue weighted by molar-refractivity contribution is 7.11. The van der Waals surface area contributed by atoms with Gasteiger partial charge >= 0.3 is 0 Å². The zero-order chi connectivity index (χ0) is 10.7. The van der Waals surface area contributed by atoms with Gasteiger partial charge in [-0.3, -0.25) is 0 Å². The summed E-state index contributed by atoms with van der Waals surface area (Å²) >= 11 is 1.84. The summed E-state index contributed by atoms with van der Waals surface area (Å²) in [5, 5.41) is 12.5. The first kappa shape index (κ1) is 10.9. The van der Waals surface area contributed by atoms with Gasteiger partial charge in [-0.05, 0) is 25.5 Å². The van der Waals surface area contributed by atoms with Gasteiger partial charge in [-0.15, -0.1) is 11.3 Å². The molecule has 2 nitrogen and oxygen atoms in total. The Balaban J connectivity index is 1.78. The highest BCUT2D eigenvalue weighted by atomic mass is 32.1. The van der Waals surface area contributed by atoms with E-state index in [-0.39, 0.29) is 6.61 Å². The van der Waals surface area contributed by atoms with Crippen LogP contribution in [0.5, 0.6) is 0 Å². The zero-order valence-corrected chi connectivity index (χ0v) is 9.76. The van der Waals surface area contributed by atoms with Crippen LogP contribution in [0, 0.1) is 12.8 Å². The van der Waals surface area contributed by atoms with Crippen molar-refractivity contribution in [1.29, 1.82) is 0 Å². The SMILES string of the molecule is Cc1ccc(CN[C@@H]2C=C[C@H](CO)C2)s1. The van der Waals surface area contributed by atoms with Crippen LogP contribution in [0.2, 0.25) is 0 Å². The Morgan fingerprint density at radius 2 is 2.33 bits per heavy atom. The maximum absolute atomic E-state index is 9.00. The van der Waals surface area contributed by atoms with Crippen LogP contribution in [0.25, 0.3) is 0 Å². The van der Waals surface area contributed by atoms with Gasteiger partial charge in [0.2, 0.25) is 0 Å². The molecule has 2 rings (SSSR count). The Labute approximate surface area is 94.6 Å². The Hall–Kier alpha value is -0.640. The summed E-state index contributed by atoms with van der Waals surface area (Å²) in [7, 11) is 0. The molecule has 1 aliphatic carbocycles. The third-order valence-electron chi connectivity index (χ3n) is 2.74. The van der Waals surface area contributed by atoms with Gasteiger partial charge in [0.1, 0.15) is 0 Å². The Kier molecular flexibility index (Phi) is 3.57. The predicted octanol–water partition coefficient (Wildman–Crippen LogP) is 2.08. The second-order valence-corrected chi connectivity index (χ2v) is 5.44. The van der Waals surface area contributed by atoms with Gasteiger partial charge in [0.05, 0.1) is 0 Å². The maximum atomic E-state index is 9.00. The van der Waals surface area contributed by atoms with Crippen molar-refractivity contribution in [1.82, 2.24) is 5.32 Å². The molecule has 0 aliphatic heterocycles. The van der Waals surface area contributed by atoms with E-state index < -0.39 is 0 Å². The van der Waals surface area contributed by atoms with E-state index in [1.807, 2.05) is 11.3 Å². The molecule has 1 heterocycles. The lowest BCUT2D eigenvalue weighted by Gasteiger charge is -2.11. The number of nitrogens with one attached hydrogen (secondary N) is 1. The molecule has 0 fully saturated rings.